The summed E-state index contributed by atoms with van der Waals surface area (Å²) in [6.45, 7) is 1.08. The second-order valence-electron chi connectivity index (χ2n) is 5.71. The van der Waals surface area contributed by atoms with Gasteiger partial charge in [-0.15, -0.1) is 0 Å². The van der Waals surface area contributed by atoms with Crippen LogP contribution in [-0.2, 0) is 6.54 Å². The Bertz CT molecular complexity index is 956. The lowest BCUT2D eigenvalue weighted by Gasteiger charge is -2.11. The Labute approximate surface area is 148 Å². The summed E-state index contributed by atoms with van der Waals surface area (Å²) in [5, 5.41) is 2.49. The SMILES string of the molecule is COc1nc(C)c(F)cc1Cn1cc(C(=O)NCCF)c2ncccc21. The second-order valence-corrected chi connectivity index (χ2v) is 5.71. The number of pyridine rings is 2. The van der Waals surface area contributed by atoms with Gasteiger partial charge in [0.15, 0.2) is 0 Å². The van der Waals surface area contributed by atoms with Crippen LogP contribution in [0, 0.1) is 12.7 Å². The fraction of sp³-hybridized carbons (Fsp3) is 0.278. The molecule has 1 amide bonds. The highest BCUT2D eigenvalue weighted by Gasteiger charge is 2.18. The Balaban J connectivity index is 2.04. The molecule has 0 bridgehead atoms. The number of hydrogen-bond donors (Lipinski definition) is 1. The van der Waals surface area contributed by atoms with Crippen LogP contribution in [0.4, 0.5) is 8.78 Å². The van der Waals surface area contributed by atoms with Gasteiger partial charge in [0.1, 0.15) is 18.0 Å². The van der Waals surface area contributed by atoms with Gasteiger partial charge in [0.25, 0.3) is 5.91 Å². The zero-order valence-corrected chi connectivity index (χ0v) is 14.4. The standard InChI is InChI=1S/C18H18F2N4O2/c1-11-14(20)8-12(18(23-11)26-2)9-24-10-13(17(25)22-7-5-19)16-15(24)4-3-6-21-16/h3-4,6,8,10H,5,7,9H2,1-2H3,(H,22,25). The number of ether oxygens (including phenoxy) is 1. The topological polar surface area (TPSA) is 69.0 Å². The highest BCUT2D eigenvalue weighted by Crippen LogP contribution is 2.24. The smallest absolute Gasteiger partial charge is 0.255 e. The van der Waals surface area contributed by atoms with E-state index in [1.54, 1.807) is 36.0 Å². The first-order chi connectivity index (χ1) is 12.5. The number of carbonyl (C=O) groups excluding carboxylic acids is 1. The molecule has 0 saturated heterocycles. The van der Waals surface area contributed by atoms with Crippen molar-refractivity contribution in [3.05, 3.63) is 53.2 Å². The molecule has 3 aromatic heterocycles. The number of methoxy groups -OCH3 is 1. The van der Waals surface area contributed by atoms with E-state index < -0.39 is 18.4 Å². The Morgan fingerprint density at radius 1 is 1.42 bits per heavy atom. The molecule has 8 heteroatoms. The molecule has 1 N–H and O–H groups in total. The van der Waals surface area contributed by atoms with Gasteiger partial charge in [-0.2, -0.15) is 0 Å². The van der Waals surface area contributed by atoms with Crippen molar-refractivity contribution in [2.24, 2.45) is 0 Å². The highest BCUT2D eigenvalue weighted by atomic mass is 19.1. The molecule has 26 heavy (non-hydrogen) atoms. The first kappa shape index (κ1) is 17.8. The second kappa shape index (κ2) is 7.47. The summed E-state index contributed by atoms with van der Waals surface area (Å²) in [4.78, 5) is 20.6. The van der Waals surface area contributed by atoms with Gasteiger partial charge in [-0.25, -0.2) is 13.8 Å². The summed E-state index contributed by atoms with van der Waals surface area (Å²) in [6, 6.07) is 4.91. The lowest BCUT2D eigenvalue weighted by atomic mass is 10.2. The van der Waals surface area contributed by atoms with Gasteiger partial charge in [0.2, 0.25) is 5.88 Å². The van der Waals surface area contributed by atoms with E-state index in [1.807, 2.05) is 0 Å². The molecule has 0 aliphatic rings. The van der Waals surface area contributed by atoms with E-state index in [2.05, 4.69) is 15.3 Å². The minimum Gasteiger partial charge on any atom is -0.481 e. The Morgan fingerprint density at radius 3 is 2.96 bits per heavy atom. The van der Waals surface area contributed by atoms with Gasteiger partial charge in [-0.1, -0.05) is 0 Å². The summed E-state index contributed by atoms with van der Waals surface area (Å²) in [7, 11) is 1.47. The molecule has 3 rings (SSSR count). The van der Waals surface area contributed by atoms with E-state index in [9.17, 15) is 13.6 Å². The number of carbonyl (C=O) groups is 1. The largest absolute Gasteiger partial charge is 0.481 e. The van der Waals surface area contributed by atoms with Crippen LogP contribution in [0.5, 0.6) is 5.88 Å². The van der Waals surface area contributed by atoms with E-state index in [1.165, 1.54) is 13.2 Å². The zero-order chi connectivity index (χ0) is 18.7. The molecule has 3 aromatic rings. The molecular formula is C18H18F2N4O2. The maximum Gasteiger partial charge on any atom is 0.255 e. The number of nitrogens with zero attached hydrogens (tertiary/aromatic N) is 3. The van der Waals surface area contributed by atoms with Crippen molar-refractivity contribution in [1.82, 2.24) is 19.9 Å². The molecule has 0 aliphatic heterocycles. The predicted octanol–water partition coefficient (Wildman–Crippen LogP) is 2.64. The van der Waals surface area contributed by atoms with Crippen LogP contribution >= 0.6 is 0 Å². The predicted molar refractivity (Wildman–Crippen MR) is 92.6 cm³/mol. The minimum absolute atomic E-state index is 0.0702. The number of fused-ring (bicyclic) bond motifs is 1. The first-order valence-corrected chi connectivity index (χ1v) is 8.03. The van der Waals surface area contributed by atoms with Crippen LogP contribution in [0.2, 0.25) is 0 Å². The van der Waals surface area contributed by atoms with Gasteiger partial charge in [-0.05, 0) is 25.1 Å². The van der Waals surface area contributed by atoms with E-state index in [0.717, 1.165) is 0 Å². The van der Waals surface area contributed by atoms with Gasteiger partial charge >= 0.3 is 0 Å². The van der Waals surface area contributed by atoms with Crippen molar-refractivity contribution in [2.75, 3.05) is 20.3 Å². The number of aromatic nitrogens is 3. The van der Waals surface area contributed by atoms with Crippen molar-refractivity contribution in [2.45, 2.75) is 13.5 Å². The number of rotatable bonds is 6. The molecule has 0 unspecified atom stereocenters. The van der Waals surface area contributed by atoms with Crippen molar-refractivity contribution >= 4 is 16.9 Å². The fourth-order valence-corrected chi connectivity index (χ4v) is 2.75. The normalized spacial score (nSPS) is 10.9. The maximum atomic E-state index is 13.9. The minimum atomic E-state index is -0.649. The quantitative estimate of drug-likeness (QED) is 0.734. The van der Waals surface area contributed by atoms with Crippen molar-refractivity contribution in [1.29, 1.82) is 0 Å². The average Bonchev–Trinajstić information content (AvgIpc) is 3.01. The molecule has 0 aromatic carbocycles. The third-order valence-electron chi connectivity index (χ3n) is 3.99. The molecule has 0 fully saturated rings. The average molecular weight is 360 g/mol. The van der Waals surface area contributed by atoms with E-state index >= 15 is 0 Å². The Hall–Kier alpha value is -3.03. The molecule has 0 spiro atoms. The van der Waals surface area contributed by atoms with E-state index in [0.29, 0.717) is 28.0 Å². The first-order valence-electron chi connectivity index (χ1n) is 8.03. The maximum absolute atomic E-state index is 13.9. The van der Waals surface area contributed by atoms with Crippen molar-refractivity contribution in [3.63, 3.8) is 0 Å². The molecule has 6 nitrogen and oxygen atoms in total. The zero-order valence-electron chi connectivity index (χ0n) is 14.4. The Morgan fingerprint density at radius 2 is 2.23 bits per heavy atom. The third-order valence-corrected chi connectivity index (χ3v) is 3.99. The molecule has 0 radical (unpaired) electrons. The fourth-order valence-electron chi connectivity index (χ4n) is 2.75. The summed E-state index contributed by atoms with van der Waals surface area (Å²) in [6.07, 6.45) is 3.19. The summed E-state index contributed by atoms with van der Waals surface area (Å²) < 4.78 is 33.3. The van der Waals surface area contributed by atoms with Crippen molar-refractivity contribution < 1.29 is 18.3 Å². The van der Waals surface area contributed by atoms with Crippen LogP contribution in [-0.4, -0.2) is 40.8 Å². The summed E-state index contributed by atoms with van der Waals surface area (Å²) >= 11 is 0. The number of nitrogens with one attached hydrogen (secondary N) is 1. The van der Waals surface area contributed by atoms with Gasteiger partial charge in [0, 0.05) is 24.5 Å². The lowest BCUT2D eigenvalue weighted by Crippen LogP contribution is -2.25. The summed E-state index contributed by atoms with van der Waals surface area (Å²) in [5.41, 5.74) is 2.29. The van der Waals surface area contributed by atoms with Crippen LogP contribution in [0.3, 0.4) is 0 Å². The van der Waals surface area contributed by atoms with Crippen molar-refractivity contribution in [3.8, 4) is 5.88 Å². The molecule has 136 valence electrons. The highest BCUT2D eigenvalue weighted by molar-refractivity contribution is 6.05. The number of halogens is 2. The lowest BCUT2D eigenvalue weighted by molar-refractivity contribution is 0.0952. The molecular weight excluding hydrogens is 342 g/mol. The number of aryl methyl sites for hydroxylation is 1. The van der Waals surface area contributed by atoms with Crippen LogP contribution in [0.1, 0.15) is 21.6 Å². The molecule has 3 heterocycles. The van der Waals surface area contributed by atoms with Gasteiger partial charge in [0.05, 0.1) is 30.4 Å². The Kier molecular flexibility index (Phi) is 5.11. The number of hydrogen-bond acceptors (Lipinski definition) is 4. The van der Waals surface area contributed by atoms with E-state index in [4.69, 9.17) is 4.74 Å². The van der Waals surface area contributed by atoms with Gasteiger partial charge < -0.3 is 14.6 Å². The van der Waals surface area contributed by atoms with Crippen LogP contribution in [0.15, 0.2) is 30.6 Å². The molecule has 0 atom stereocenters. The molecule has 0 saturated carbocycles. The van der Waals surface area contributed by atoms with Crippen LogP contribution < -0.4 is 10.1 Å². The number of amides is 1. The summed E-state index contributed by atoms with van der Waals surface area (Å²) in [5.74, 6) is -0.528. The third kappa shape index (κ3) is 3.35. The monoisotopic (exact) mass is 360 g/mol. The van der Waals surface area contributed by atoms with E-state index in [-0.39, 0.29) is 18.8 Å². The van der Waals surface area contributed by atoms with Crippen LogP contribution in [0.25, 0.3) is 11.0 Å². The molecule has 0 aliphatic carbocycles. The number of alkyl halides is 1. The van der Waals surface area contributed by atoms with Gasteiger partial charge in [-0.3, -0.25) is 9.78 Å².